The first-order valence-electron chi connectivity index (χ1n) is 15.4. The number of benzene rings is 4. The van der Waals surface area contributed by atoms with Gasteiger partial charge in [-0.3, -0.25) is 0 Å². The van der Waals surface area contributed by atoms with Crippen LogP contribution in [0.3, 0.4) is 0 Å². The van der Waals surface area contributed by atoms with Crippen LogP contribution in [0.2, 0.25) is 0 Å². The van der Waals surface area contributed by atoms with Crippen LogP contribution in [0.1, 0.15) is 19.8 Å². The Kier molecular flexibility index (Phi) is 6.41. The minimum absolute atomic E-state index is 0.294. The number of aliphatic hydroxyl groups is 2. The number of aromatic nitrogens is 8. The maximum absolute atomic E-state index is 10.9. The number of nitrogens with zero attached hydrogens (tertiary/aromatic N) is 6. The number of nitrogens with one attached hydrogen (secondary N) is 2. The summed E-state index contributed by atoms with van der Waals surface area (Å²) in [6.07, 6.45) is 0.954. The van der Waals surface area contributed by atoms with Crippen molar-refractivity contribution in [2.45, 2.75) is 23.9 Å². The first kappa shape index (κ1) is 28.1. The molecule has 47 heavy (non-hydrogen) atoms. The Labute approximate surface area is 276 Å². The van der Waals surface area contributed by atoms with Gasteiger partial charge in [0, 0.05) is 0 Å². The van der Waals surface area contributed by atoms with E-state index < -0.39 is 23.2 Å². The normalized spacial score (nSPS) is 12.3. The van der Waals surface area contributed by atoms with Crippen molar-refractivity contribution in [2.75, 3.05) is 0 Å². The van der Waals surface area contributed by atoms with Crippen molar-refractivity contribution < 1.29 is 29.4 Å². The zero-order valence-electron chi connectivity index (χ0n) is 25.2. The monoisotopic (exact) mass is 650 g/mol. The molecular weight excluding hydrogens is 624 g/mol. The summed E-state index contributed by atoms with van der Waals surface area (Å²) < 4.78 is -0.893. The number of aromatic amines is 2. The molecule has 0 unspecified atom stereocenters. The summed E-state index contributed by atoms with van der Waals surface area (Å²) in [6.45, 7) is 1.95. The van der Waals surface area contributed by atoms with Crippen molar-refractivity contribution >= 4 is 48.0 Å². The number of rotatable bonds is 4. The van der Waals surface area contributed by atoms with Gasteiger partial charge in [-0.15, -0.1) is 0 Å². The van der Waals surface area contributed by atoms with Crippen molar-refractivity contribution in [1.82, 2.24) is 39.9 Å². The van der Waals surface area contributed by atoms with Crippen molar-refractivity contribution in [3.05, 3.63) is 91.0 Å². The summed E-state index contributed by atoms with van der Waals surface area (Å²) in [5.41, 5.74) is 5.85. The van der Waals surface area contributed by atoms with E-state index in [0.29, 0.717) is 58.7 Å². The molecule has 9 rings (SSSR count). The molecule has 8 bridgehead atoms. The predicted octanol–water partition coefficient (Wildman–Crippen LogP) is 6.02. The summed E-state index contributed by atoms with van der Waals surface area (Å²) in [6, 6.07) is 29.7. The van der Waals surface area contributed by atoms with E-state index in [0.717, 1.165) is 47.7 Å². The van der Waals surface area contributed by atoms with Gasteiger partial charge in [-0.1, -0.05) is 6.07 Å². The molecule has 4 aromatic carbocycles. The third-order valence-corrected chi connectivity index (χ3v) is 10.6. The van der Waals surface area contributed by atoms with Crippen LogP contribution in [0, 0.1) is 0 Å². The van der Waals surface area contributed by atoms with Crippen LogP contribution in [-0.2, 0) is 19.2 Å². The van der Waals surface area contributed by atoms with Crippen molar-refractivity contribution in [2.24, 2.45) is 0 Å². The van der Waals surface area contributed by atoms with Crippen LogP contribution in [-0.4, -0.2) is 54.2 Å². The van der Waals surface area contributed by atoms with Gasteiger partial charge in [0.1, 0.15) is 0 Å². The summed E-state index contributed by atoms with van der Waals surface area (Å²) in [4.78, 5) is 37.1. The van der Waals surface area contributed by atoms with Gasteiger partial charge in [0.15, 0.2) is 0 Å². The van der Waals surface area contributed by atoms with E-state index in [1.54, 1.807) is 0 Å². The summed E-state index contributed by atoms with van der Waals surface area (Å²) >= 11 is -1.42. The van der Waals surface area contributed by atoms with Gasteiger partial charge in [0.05, 0.1) is 0 Å². The van der Waals surface area contributed by atoms with Gasteiger partial charge in [-0.2, -0.15) is 0 Å². The predicted molar refractivity (Wildman–Crippen MR) is 178 cm³/mol. The third-order valence-electron chi connectivity index (χ3n) is 8.51. The van der Waals surface area contributed by atoms with Crippen LogP contribution in [0.4, 0.5) is 0 Å². The standard InChI is InChI=1S/C32H17N8.C4H9O2.Ti/c1-2-10-18-17(9-1)25-33-26(18)38-28-21-13-5-6-14-22(21)30(35-28)40-32-24-16-8-7-15-23(24)31(36-32)39-29-20-12-4-3-11-19(20)27(34-29)37-25;1-2-3-4(5)6;/h1-15H,(H2,33,34,35,36,37,38,39,40);5-6H,2-3H2,1H3;. The maximum atomic E-state index is 10.9. The first-order valence-corrected chi connectivity index (χ1v) is 17.0. The minimum atomic E-state index is -1.75. The van der Waals surface area contributed by atoms with Gasteiger partial charge in [-0.25, -0.2) is 0 Å². The molecule has 0 saturated carbocycles. The van der Waals surface area contributed by atoms with Crippen LogP contribution in [0.15, 0.2) is 91.0 Å². The molecule has 7 aromatic rings. The Morgan fingerprint density at radius 3 is 1.47 bits per heavy atom. The van der Waals surface area contributed by atoms with Gasteiger partial charge in [0.25, 0.3) is 0 Å². The Balaban J connectivity index is 1.46. The molecule has 0 saturated heterocycles. The van der Waals surface area contributed by atoms with E-state index in [-0.39, 0.29) is 0 Å². The Hall–Kier alpha value is -5.13. The van der Waals surface area contributed by atoms with Gasteiger partial charge >= 0.3 is 272 Å². The molecule has 2 aliphatic heterocycles. The molecular formula is C36H26N8O2Ti. The van der Waals surface area contributed by atoms with Gasteiger partial charge < -0.3 is 0 Å². The topological polar surface area (TPSA) is 149 Å². The molecule has 5 heterocycles. The zero-order valence-corrected chi connectivity index (χ0v) is 26.7. The fourth-order valence-electron chi connectivity index (χ4n) is 6.42. The fourth-order valence-corrected chi connectivity index (χ4v) is 8.55. The number of H-pyrrole nitrogens is 2. The van der Waals surface area contributed by atoms with Crippen LogP contribution in [0.25, 0.3) is 89.7 Å². The summed E-state index contributed by atoms with van der Waals surface area (Å²) in [7, 11) is 0. The van der Waals surface area contributed by atoms with E-state index in [9.17, 15) is 10.2 Å². The molecule has 0 fully saturated rings. The van der Waals surface area contributed by atoms with Crippen LogP contribution in [0.5, 0.6) is 0 Å². The second-order valence-corrected chi connectivity index (χ2v) is 14.1. The second kappa shape index (κ2) is 10.7. The van der Waals surface area contributed by atoms with E-state index in [1.807, 2.05) is 97.9 Å². The number of hydrogen-bond donors (Lipinski definition) is 4. The quantitative estimate of drug-likeness (QED) is 0.134. The Morgan fingerprint density at radius 2 is 0.957 bits per heavy atom. The average molecular weight is 651 g/mol. The van der Waals surface area contributed by atoms with Crippen LogP contribution < -0.4 is 3.87 Å². The molecule has 2 aliphatic rings. The SMILES string of the molecule is CCC[C](O)(O)[Ti][c]1cccc2c3nc4nc(nc5[nH]c(nc6nc(nc([nH]3)c12)-c1ccccc1-6)c1ccccc51)-c1ccccc1-4. The summed E-state index contributed by atoms with van der Waals surface area (Å²) in [5, 5.41) is 25.3. The van der Waals surface area contributed by atoms with Crippen molar-refractivity contribution in [3.63, 3.8) is 0 Å². The molecule has 11 heteroatoms. The zero-order chi connectivity index (χ0) is 31.7. The molecule has 0 spiro atoms. The first-order chi connectivity index (χ1) is 23.0. The van der Waals surface area contributed by atoms with E-state index >= 15 is 0 Å². The Morgan fingerprint density at radius 1 is 0.532 bits per heavy atom. The second-order valence-electron chi connectivity index (χ2n) is 11.7. The van der Waals surface area contributed by atoms with E-state index in [2.05, 4.69) is 9.97 Å². The van der Waals surface area contributed by atoms with Gasteiger partial charge in [0.2, 0.25) is 0 Å². The molecule has 3 aromatic heterocycles. The number of fused-ring (bicyclic) bond motifs is 20. The third kappa shape index (κ3) is 4.68. The van der Waals surface area contributed by atoms with Crippen LogP contribution >= 0.6 is 0 Å². The molecule has 226 valence electrons. The molecule has 10 nitrogen and oxygen atoms in total. The summed E-state index contributed by atoms with van der Waals surface area (Å²) in [5.74, 6) is 2.10. The van der Waals surface area contributed by atoms with Gasteiger partial charge in [-0.05, 0) is 0 Å². The van der Waals surface area contributed by atoms with E-state index in [1.165, 1.54) is 0 Å². The van der Waals surface area contributed by atoms with Crippen molar-refractivity contribution in [3.8, 4) is 45.6 Å². The Bertz CT molecular complexity index is 2570. The van der Waals surface area contributed by atoms with E-state index in [4.69, 9.17) is 29.9 Å². The molecule has 0 radical (unpaired) electrons. The number of hydrogen-bond acceptors (Lipinski definition) is 8. The molecule has 4 N–H and O–H groups in total. The van der Waals surface area contributed by atoms with Crippen molar-refractivity contribution in [1.29, 1.82) is 0 Å². The molecule has 0 amide bonds. The average Bonchev–Trinajstić information content (AvgIpc) is 3.80. The molecule has 0 atom stereocenters. The fraction of sp³-hybridized carbons (Fsp3) is 0.111. The molecule has 0 aliphatic carbocycles.